The van der Waals surface area contributed by atoms with Crippen molar-refractivity contribution in [1.29, 1.82) is 0 Å². The van der Waals surface area contributed by atoms with E-state index in [-0.39, 0.29) is 5.76 Å². The van der Waals surface area contributed by atoms with E-state index < -0.39 is 16.7 Å². The molecule has 8 heteroatoms. The number of furan rings is 1. The Balaban J connectivity index is 1.44. The summed E-state index contributed by atoms with van der Waals surface area (Å²) in [5, 5.41) is 13.4. The predicted molar refractivity (Wildman–Crippen MR) is 104 cm³/mol. The minimum absolute atomic E-state index is 0.0205. The zero-order valence-electron chi connectivity index (χ0n) is 15.2. The van der Waals surface area contributed by atoms with Gasteiger partial charge < -0.3 is 9.73 Å². The monoisotopic (exact) mass is 389 g/mol. The van der Waals surface area contributed by atoms with Crippen molar-refractivity contribution in [2.75, 3.05) is 25.9 Å². The van der Waals surface area contributed by atoms with E-state index in [4.69, 9.17) is 4.42 Å². The van der Waals surface area contributed by atoms with Crippen LogP contribution in [0, 0.1) is 16.0 Å². The van der Waals surface area contributed by atoms with Crippen LogP contribution in [0.2, 0.25) is 0 Å². The summed E-state index contributed by atoms with van der Waals surface area (Å²) in [4.78, 5) is 25.8. The van der Waals surface area contributed by atoms with Gasteiger partial charge in [0.1, 0.15) is 4.92 Å². The number of piperidine rings is 1. The van der Waals surface area contributed by atoms with Crippen LogP contribution >= 0.6 is 11.8 Å². The molecule has 0 saturated carbocycles. The molecule has 144 valence electrons. The molecule has 1 aromatic carbocycles. The Morgan fingerprint density at radius 1 is 1.30 bits per heavy atom. The van der Waals surface area contributed by atoms with Crippen LogP contribution in [-0.2, 0) is 6.54 Å². The van der Waals surface area contributed by atoms with E-state index in [9.17, 15) is 14.9 Å². The summed E-state index contributed by atoms with van der Waals surface area (Å²) < 4.78 is 4.93. The van der Waals surface area contributed by atoms with E-state index in [1.54, 1.807) is 11.8 Å². The number of rotatable bonds is 7. The van der Waals surface area contributed by atoms with E-state index >= 15 is 0 Å². The molecule has 2 heterocycles. The van der Waals surface area contributed by atoms with Crippen LogP contribution in [0.25, 0.3) is 0 Å². The first kappa shape index (κ1) is 19.4. The molecule has 1 aliphatic rings. The van der Waals surface area contributed by atoms with Gasteiger partial charge in [0.05, 0.1) is 6.07 Å². The van der Waals surface area contributed by atoms with Gasteiger partial charge in [-0.05, 0) is 55.8 Å². The number of benzene rings is 1. The lowest BCUT2D eigenvalue weighted by molar-refractivity contribution is -0.402. The Hall–Kier alpha value is -2.32. The number of thioether (sulfide) groups is 1. The molecule has 3 rings (SSSR count). The van der Waals surface area contributed by atoms with Crippen LogP contribution in [0.3, 0.4) is 0 Å². The van der Waals surface area contributed by atoms with Crippen molar-refractivity contribution in [3.63, 3.8) is 0 Å². The smallest absolute Gasteiger partial charge is 0.395 e. The number of nitro groups is 1. The first-order valence-electron chi connectivity index (χ1n) is 8.93. The number of hydrogen-bond acceptors (Lipinski definition) is 6. The van der Waals surface area contributed by atoms with Crippen LogP contribution in [0.1, 0.15) is 29.0 Å². The zero-order valence-corrected chi connectivity index (χ0v) is 16.0. The fraction of sp³-hybridized carbons (Fsp3) is 0.421. The second-order valence-corrected chi connectivity index (χ2v) is 7.48. The topological polar surface area (TPSA) is 88.6 Å². The Kier molecular flexibility index (Phi) is 6.52. The maximum atomic E-state index is 12.1. The molecule has 1 aliphatic heterocycles. The first-order chi connectivity index (χ1) is 13.1. The molecule has 0 radical (unpaired) electrons. The van der Waals surface area contributed by atoms with Crippen molar-refractivity contribution in [2.45, 2.75) is 24.3 Å². The number of nitrogens with zero attached hydrogens (tertiary/aromatic N) is 2. The predicted octanol–water partition coefficient (Wildman–Crippen LogP) is 3.55. The summed E-state index contributed by atoms with van der Waals surface area (Å²) in [6, 6.07) is 11.0. The van der Waals surface area contributed by atoms with Crippen molar-refractivity contribution >= 4 is 23.6 Å². The molecular weight excluding hydrogens is 366 g/mol. The van der Waals surface area contributed by atoms with Gasteiger partial charge in [0, 0.05) is 18.0 Å². The largest absolute Gasteiger partial charge is 0.433 e. The third-order valence-corrected chi connectivity index (χ3v) is 5.68. The van der Waals surface area contributed by atoms with Gasteiger partial charge in [-0.15, -0.1) is 11.8 Å². The molecule has 0 atom stereocenters. The Morgan fingerprint density at radius 2 is 2.04 bits per heavy atom. The maximum Gasteiger partial charge on any atom is 0.433 e. The average Bonchev–Trinajstić information content (AvgIpc) is 3.18. The quantitative estimate of drug-likeness (QED) is 0.443. The number of nitrogens with one attached hydrogen (secondary N) is 1. The zero-order chi connectivity index (χ0) is 19.2. The highest BCUT2D eigenvalue weighted by Crippen LogP contribution is 2.24. The molecule has 0 spiro atoms. The number of carbonyl (C=O) groups excluding carboxylic acids is 1. The summed E-state index contributed by atoms with van der Waals surface area (Å²) in [6.45, 7) is 3.50. The maximum absolute atomic E-state index is 12.1. The Bertz CT molecular complexity index is 800. The van der Waals surface area contributed by atoms with Crippen molar-refractivity contribution in [2.24, 2.45) is 5.92 Å². The van der Waals surface area contributed by atoms with Gasteiger partial charge in [0.25, 0.3) is 5.91 Å². The van der Waals surface area contributed by atoms with Crippen LogP contribution in [0.15, 0.2) is 45.7 Å². The van der Waals surface area contributed by atoms with Gasteiger partial charge in [-0.1, -0.05) is 18.2 Å². The van der Waals surface area contributed by atoms with Crippen molar-refractivity contribution < 1.29 is 14.1 Å². The number of carbonyl (C=O) groups is 1. The molecule has 0 bridgehead atoms. The van der Waals surface area contributed by atoms with E-state index in [0.29, 0.717) is 12.5 Å². The number of likely N-dealkylation sites (tertiary alicyclic amines) is 1. The fourth-order valence-electron chi connectivity index (χ4n) is 3.30. The minimum Gasteiger partial charge on any atom is -0.395 e. The van der Waals surface area contributed by atoms with Crippen molar-refractivity contribution in [3.05, 3.63) is 57.8 Å². The van der Waals surface area contributed by atoms with Gasteiger partial charge in [0.2, 0.25) is 0 Å². The van der Waals surface area contributed by atoms with E-state index in [2.05, 4.69) is 40.7 Å². The third kappa shape index (κ3) is 5.11. The van der Waals surface area contributed by atoms with E-state index in [1.165, 1.54) is 22.6 Å². The SMILES string of the molecule is CSc1ccccc1CN1CCC(CNC(=O)c2ccc([N+](=O)[O-])o2)CC1. The van der Waals surface area contributed by atoms with E-state index in [1.807, 2.05) is 0 Å². The summed E-state index contributed by atoms with van der Waals surface area (Å²) in [6.07, 6.45) is 4.13. The average molecular weight is 389 g/mol. The molecule has 27 heavy (non-hydrogen) atoms. The summed E-state index contributed by atoms with van der Waals surface area (Å²) in [5.74, 6) is -0.433. The Labute approximate surface area is 162 Å². The second kappa shape index (κ2) is 9.05. The minimum atomic E-state index is -0.651. The van der Waals surface area contributed by atoms with Crippen molar-refractivity contribution in [3.8, 4) is 0 Å². The van der Waals surface area contributed by atoms with Gasteiger partial charge >= 0.3 is 5.88 Å². The molecular formula is C19H23N3O4S. The highest BCUT2D eigenvalue weighted by Gasteiger charge is 2.22. The molecule has 1 amide bonds. The van der Waals surface area contributed by atoms with Crippen LogP contribution in [0.5, 0.6) is 0 Å². The lowest BCUT2D eigenvalue weighted by Gasteiger charge is -2.32. The van der Waals surface area contributed by atoms with Crippen LogP contribution in [-0.4, -0.2) is 41.6 Å². The van der Waals surface area contributed by atoms with Gasteiger partial charge in [-0.2, -0.15) is 0 Å². The lowest BCUT2D eigenvalue weighted by atomic mass is 9.96. The van der Waals surface area contributed by atoms with Crippen LogP contribution in [0.4, 0.5) is 5.88 Å². The Morgan fingerprint density at radius 3 is 2.70 bits per heavy atom. The normalized spacial score (nSPS) is 15.6. The van der Waals surface area contributed by atoms with E-state index in [0.717, 1.165) is 32.5 Å². The molecule has 0 unspecified atom stereocenters. The highest BCUT2D eigenvalue weighted by atomic mass is 32.2. The third-order valence-electron chi connectivity index (χ3n) is 4.84. The molecule has 1 N–H and O–H groups in total. The molecule has 1 aromatic heterocycles. The summed E-state index contributed by atoms with van der Waals surface area (Å²) in [7, 11) is 0. The lowest BCUT2D eigenvalue weighted by Crippen LogP contribution is -2.38. The standard InChI is InChI=1S/C19H23N3O4S/c1-27-17-5-3-2-4-15(17)13-21-10-8-14(9-11-21)12-20-19(23)16-6-7-18(26-16)22(24)25/h2-7,14H,8-13H2,1H3,(H,20,23). The second-order valence-electron chi connectivity index (χ2n) is 6.64. The molecule has 0 aliphatic carbocycles. The summed E-state index contributed by atoms with van der Waals surface area (Å²) in [5.41, 5.74) is 1.36. The molecule has 1 saturated heterocycles. The summed E-state index contributed by atoms with van der Waals surface area (Å²) >= 11 is 1.77. The van der Waals surface area contributed by atoms with Crippen molar-refractivity contribution in [1.82, 2.24) is 10.2 Å². The highest BCUT2D eigenvalue weighted by molar-refractivity contribution is 7.98. The van der Waals surface area contributed by atoms with Gasteiger partial charge in [0.15, 0.2) is 5.76 Å². The first-order valence-corrected chi connectivity index (χ1v) is 10.2. The van der Waals surface area contributed by atoms with Gasteiger partial charge in [-0.3, -0.25) is 19.8 Å². The number of amides is 1. The molecule has 2 aromatic rings. The molecule has 1 fully saturated rings. The van der Waals surface area contributed by atoms with Crippen LogP contribution < -0.4 is 5.32 Å². The van der Waals surface area contributed by atoms with Gasteiger partial charge in [-0.25, -0.2) is 0 Å². The fourth-order valence-corrected chi connectivity index (χ4v) is 3.90. The number of hydrogen-bond donors (Lipinski definition) is 1. The molecule has 7 nitrogen and oxygen atoms in total.